The molecular formula is C14H13ClN2O3. The van der Waals surface area contributed by atoms with Gasteiger partial charge in [-0.25, -0.2) is 9.78 Å². The van der Waals surface area contributed by atoms with Gasteiger partial charge in [0.05, 0.1) is 0 Å². The third kappa shape index (κ3) is 4.37. The molecule has 0 aliphatic rings. The van der Waals surface area contributed by atoms with E-state index in [1.54, 1.807) is 0 Å². The number of carbonyl (C=O) groups excluding carboxylic acids is 1. The Morgan fingerprint density at radius 2 is 1.80 bits per heavy atom. The van der Waals surface area contributed by atoms with Crippen molar-refractivity contribution >= 4 is 29.2 Å². The fourth-order valence-corrected chi connectivity index (χ4v) is 1.56. The first-order valence-electron chi connectivity index (χ1n) is 5.62. The number of nitrogens with two attached hydrogens (primary N) is 1. The molecule has 0 unspecified atom stereocenters. The molecule has 20 heavy (non-hydrogen) atoms. The highest BCUT2D eigenvalue weighted by Gasteiger charge is 2.17. The summed E-state index contributed by atoms with van der Waals surface area (Å²) in [5, 5.41) is 9.52. The van der Waals surface area contributed by atoms with Gasteiger partial charge in [0.15, 0.2) is 5.78 Å². The van der Waals surface area contributed by atoms with Crippen LogP contribution in [0.4, 0.5) is 5.82 Å². The van der Waals surface area contributed by atoms with Crippen molar-refractivity contribution in [3.05, 3.63) is 58.7 Å². The van der Waals surface area contributed by atoms with Crippen molar-refractivity contribution in [2.75, 3.05) is 5.73 Å². The molecule has 0 saturated carbocycles. The summed E-state index contributed by atoms with van der Waals surface area (Å²) in [6.45, 7) is 1.28. The van der Waals surface area contributed by atoms with Crippen LogP contribution < -0.4 is 5.73 Å². The topological polar surface area (TPSA) is 93.3 Å². The molecule has 0 saturated heterocycles. The summed E-state index contributed by atoms with van der Waals surface area (Å²) in [4.78, 5) is 25.2. The minimum Gasteiger partial charge on any atom is -0.478 e. The van der Waals surface area contributed by atoms with Crippen molar-refractivity contribution in [1.29, 1.82) is 0 Å². The summed E-state index contributed by atoms with van der Waals surface area (Å²) in [5.74, 6) is -1.72. The number of hydrogen-bond acceptors (Lipinski definition) is 4. The van der Waals surface area contributed by atoms with Crippen LogP contribution >= 0.6 is 11.6 Å². The highest BCUT2D eigenvalue weighted by atomic mass is 35.5. The van der Waals surface area contributed by atoms with Gasteiger partial charge in [0.1, 0.15) is 11.4 Å². The van der Waals surface area contributed by atoms with Crippen molar-refractivity contribution in [2.45, 2.75) is 6.92 Å². The van der Waals surface area contributed by atoms with Crippen molar-refractivity contribution < 1.29 is 14.7 Å². The molecule has 0 aliphatic heterocycles. The molecule has 0 aliphatic carbocycles. The second-order valence-electron chi connectivity index (χ2n) is 3.78. The molecule has 5 nitrogen and oxygen atoms in total. The average Bonchev–Trinajstić information content (AvgIpc) is 2.39. The standard InChI is InChI=1S/C8H8N2O3.C6H5Cl/c1-4(11)5-2-3-10-7(9)6(5)8(12)13;7-6-4-2-1-3-5-6/h2-3H,1H3,(H2,9,10)(H,12,13);1-5H. The first-order valence-corrected chi connectivity index (χ1v) is 6.00. The van der Waals surface area contributed by atoms with E-state index in [-0.39, 0.29) is 22.7 Å². The van der Waals surface area contributed by atoms with Gasteiger partial charge in [-0.2, -0.15) is 0 Å². The third-order valence-electron chi connectivity index (χ3n) is 2.31. The minimum absolute atomic E-state index is 0.0833. The van der Waals surface area contributed by atoms with E-state index in [0.29, 0.717) is 0 Å². The van der Waals surface area contributed by atoms with Crippen molar-refractivity contribution in [3.8, 4) is 0 Å². The fraction of sp³-hybridized carbons (Fsp3) is 0.0714. The lowest BCUT2D eigenvalue weighted by Crippen LogP contribution is -2.11. The quantitative estimate of drug-likeness (QED) is 0.830. The van der Waals surface area contributed by atoms with Gasteiger partial charge >= 0.3 is 5.97 Å². The largest absolute Gasteiger partial charge is 0.478 e. The van der Waals surface area contributed by atoms with Gasteiger partial charge < -0.3 is 10.8 Å². The number of hydrogen-bond donors (Lipinski definition) is 2. The maximum atomic E-state index is 11.0. The van der Waals surface area contributed by atoms with Crippen LogP contribution in [0.2, 0.25) is 5.02 Å². The Kier molecular flexibility index (Phi) is 5.68. The average molecular weight is 293 g/mol. The molecule has 2 rings (SSSR count). The number of ketones is 1. The third-order valence-corrected chi connectivity index (χ3v) is 2.56. The summed E-state index contributed by atoms with van der Waals surface area (Å²) in [7, 11) is 0. The first-order chi connectivity index (χ1) is 9.43. The van der Waals surface area contributed by atoms with Crippen LogP contribution in [-0.2, 0) is 0 Å². The van der Waals surface area contributed by atoms with Crippen molar-refractivity contribution in [3.63, 3.8) is 0 Å². The van der Waals surface area contributed by atoms with Crippen LogP contribution in [-0.4, -0.2) is 21.8 Å². The minimum atomic E-state index is -1.24. The fourth-order valence-electron chi connectivity index (χ4n) is 1.41. The number of anilines is 1. The molecule has 3 N–H and O–H groups in total. The number of carboxylic acid groups (broad SMARTS) is 1. The smallest absolute Gasteiger partial charge is 0.340 e. The van der Waals surface area contributed by atoms with E-state index in [0.717, 1.165) is 5.02 Å². The Hall–Kier alpha value is -2.40. The number of pyridine rings is 1. The zero-order chi connectivity index (χ0) is 15.1. The molecule has 0 radical (unpaired) electrons. The number of carbonyl (C=O) groups is 2. The number of aromatic carboxylic acids is 1. The highest BCUT2D eigenvalue weighted by molar-refractivity contribution is 6.30. The number of carboxylic acids is 1. The molecule has 104 valence electrons. The Morgan fingerprint density at radius 3 is 2.15 bits per heavy atom. The van der Waals surface area contributed by atoms with Gasteiger partial charge in [0.2, 0.25) is 0 Å². The van der Waals surface area contributed by atoms with Gasteiger partial charge in [0.25, 0.3) is 0 Å². The molecule has 0 amide bonds. The molecule has 0 bridgehead atoms. The van der Waals surface area contributed by atoms with Crippen LogP contribution in [0.1, 0.15) is 27.6 Å². The van der Waals surface area contributed by atoms with Gasteiger partial charge in [-0.1, -0.05) is 29.8 Å². The number of halogens is 1. The van der Waals surface area contributed by atoms with Crippen LogP contribution in [0.5, 0.6) is 0 Å². The summed E-state index contributed by atoms with van der Waals surface area (Å²) in [6.07, 6.45) is 1.30. The lowest BCUT2D eigenvalue weighted by molar-refractivity contribution is 0.0693. The predicted molar refractivity (Wildman–Crippen MR) is 77.1 cm³/mol. The summed E-state index contributed by atoms with van der Waals surface area (Å²) >= 11 is 5.54. The zero-order valence-corrected chi connectivity index (χ0v) is 11.5. The maximum Gasteiger partial charge on any atom is 0.340 e. The molecule has 0 spiro atoms. The Bertz CT molecular complexity index is 615. The molecule has 6 heteroatoms. The number of rotatable bonds is 2. The molecule has 2 aromatic rings. The number of aromatic nitrogens is 1. The lowest BCUT2D eigenvalue weighted by atomic mass is 10.1. The SMILES string of the molecule is CC(=O)c1ccnc(N)c1C(=O)O.Clc1ccccc1. The van der Waals surface area contributed by atoms with E-state index in [2.05, 4.69) is 4.98 Å². The number of benzene rings is 1. The first kappa shape index (κ1) is 15.7. The van der Waals surface area contributed by atoms with Crippen molar-refractivity contribution in [2.24, 2.45) is 0 Å². The van der Waals surface area contributed by atoms with Crippen LogP contribution in [0, 0.1) is 0 Å². The van der Waals surface area contributed by atoms with E-state index in [1.165, 1.54) is 19.2 Å². The number of Topliss-reactive ketones (excluding diaryl/α,β-unsaturated/α-hetero) is 1. The monoisotopic (exact) mass is 292 g/mol. The zero-order valence-electron chi connectivity index (χ0n) is 10.7. The molecular weight excluding hydrogens is 280 g/mol. The van der Waals surface area contributed by atoms with Gasteiger partial charge in [-0.15, -0.1) is 0 Å². The number of nitrogen functional groups attached to an aromatic ring is 1. The summed E-state index contributed by atoms with van der Waals surface area (Å²) in [5.41, 5.74) is 5.17. The Balaban J connectivity index is 0.000000240. The van der Waals surface area contributed by atoms with Crippen LogP contribution in [0.3, 0.4) is 0 Å². The van der Waals surface area contributed by atoms with Crippen molar-refractivity contribution in [1.82, 2.24) is 4.98 Å². The maximum absolute atomic E-state index is 11.0. The second-order valence-corrected chi connectivity index (χ2v) is 4.21. The molecule has 1 aromatic heterocycles. The molecule has 0 atom stereocenters. The van der Waals surface area contributed by atoms with Gasteiger partial charge in [0, 0.05) is 16.8 Å². The van der Waals surface area contributed by atoms with Crippen LogP contribution in [0.25, 0.3) is 0 Å². The molecule has 0 fully saturated rings. The second kappa shape index (κ2) is 7.25. The van der Waals surface area contributed by atoms with Crippen LogP contribution in [0.15, 0.2) is 42.6 Å². The summed E-state index contributed by atoms with van der Waals surface area (Å²) < 4.78 is 0. The Labute approximate surface area is 121 Å². The van der Waals surface area contributed by atoms with E-state index < -0.39 is 5.97 Å². The molecule has 1 aromatic carbocycles. The normalized spacial score (nSPS) is 9.30. The van der Waals surface area contributed by atoms with E-state index in [1.807, 2.05) is 30.3 Å². The predicted octanol–water partition coefficient (Wildman–Crippen LogP) is 2.90. The lowest BCUT2D eigenvalue weighted by Gasteiger charge is -2.03. The van der Waals surface area contributed by atoms with E-state index >= 15 is 0 Å². The summed E-state index contributed by atoms with van der Waals surface area (Å²) in [6, 6.07) is 10.8. The van der Waals surface area contributed by atoms with E-state index in [4.69, 9.17) is 22.4 Å². The van der Waals surface area contributed by atoms with Gasteiger partial charge in [-0.05, 0) is 25.1 Å². The molecule has 1 heterocycles. The Morgan fingerprint density at radius 1 is 1.20 bits per heavy atom. The number of nitrogens with zero attached hydrogens (tertiary/aromatic N) is 1. The van der Waals surface area contributed by atoms with E-state index in [9.17, 15) is 9.59 Å². The highest BCUT2D eigenvalue weighted by Crippen LogP contribution is 2.14. The van der Waals surface area contributed by atoms with Gasteiger partial charge in [-0.3, -0.25) is 4.79 Å².